The lowest BCUT2D eigenvalue weighted by molar-refractivity contribution is -0.124. The van der Waals surface area contributed by atoms with E-state index >= 15 is 0 Å². The Labute approximate surface area is 175 Å². The van der Waals surface area contributed by atoms with E-state index in [4.69, 9.17) is 0 Å². The average Bonchev–Trinajstić information content (AvgIpc) is 3.19. The highest BCUT2D eigenvalue weighted by Crippen LogP contribution is 2.30. The number of nitrogens with zero attached hydrogens (tertiary/aromatic N) is 3. The summed E-state index contributed by atoms with van der Waals surface area (Å²) in [6, 6.07) is 28.4. The first-order valence-electron chi connectivity index (χ1n) is 9.87. The van der Waals surface area contributed by atoms with Crippen LogP contribution in [0.2, 0.25) is 0 Å². The molecular formula is C25H21N3O2. The molecule has 1 unspecified atom stereocenters. The van der Waals surface area contributed by atoms with E-state index in [1.807, 2.05) is 60.7 Å². The molecule has 0 bridgehead atoms. The average molecular weight is 395 g/mol. The third-order valence-electron chi connectivity index (χ3n) is 5.31. The highest BCUT2D eigenvalue weighted by atomic mass is 16.2. The summed E-state index contributed by atoms with van der Waals surface area (Å²) in [6.07, 6.45) is 0.136. The van der Waals surface area contributed by atoms with Crippen molar-refractivity contribution in [3.05, 3.63) is 96.1 Å². The highest BCUT2D eigenvalue weighted by molar-refractivity contribution is 6.04. The maximum absolute atomic E-state index is 13.5. The standard InChI is InChI=1S/C25H21N3O2/c26-16-20-11-7-8-14-23(20)28-18-21(15-24(28)29)25(30)27(22-12-5-2-6-13-22)17-19-9-3-1-4-10-19/h1-14,21H,15,17-18H2. The van der Waals surface area contributed by atoms with Crippen LogP contribution in [-0.4, -0.2) is 18.4 Å². The fourth-order valence-corrected chi connectivity index (χ4v) is 3.80. The van der Waals surface area contributed by atoms with Crippen LogP contribution in [-0.2, 0) is 16.1 Å². The predicted octanol–water partition coefficient (Wildman–Crippen LogP) is 4.14. The van der Waals surface area contributed by atoms with E-state index in [9.17, 15) is 14.9 Å². The molecule has 1 aliphatic rings. The van der Waals surface area contributed by atoms with Gasteiger partial charge < -0.3 is 9.80 Å². The van der Waals surface area contributed by atoms with Gasteiger partial charge in [0.2, 0.25) is 11.8 Å². The molecule has 0 aliphatic carbocycles. The summed E-state index contributed by atoms with van der Waals surface area (Å²) >= 11 is 0. The van der Waals surface area contributed by atoms with Crippen molar-refractivity contribution in [3.63, 3.8) is 0 Å². The molecule has 4 rings (SSSR count). The van der Waals surface area contributed by atoms with Gasteiger partial charge in [-0.25, -0.2) is 0 Å². The molecule has 0 spiro atoms. The van der Waals surface area contributed by atoms with Gasteiger partial charge in [0, 0.05) is 18.7 Å². The van der Waals surface area contributed by atoms with Crippen LogP contribution < -0.4 is 9.80 Å². The molecule has 148 valence electrons. The van der Waals surface area contributed by atoms with E-state index in [-0.39, 0.29) is 24.8 Å². The Kier molecular flexibility index (Phi) is 5.58. The molecule has 5 nitrogen and oxygen atoms in total. The number of carbonyl (C=O) groups excluding carboxylic acids is 2. The summed E-state index contributed by atoms with van der Waals surface area (Å²) < 4.78 is 0. The quantitative estimate of drug-likeness (QED) is 0.652. The van der Waals surface area contributed by atoms with Gasteiger partial charge in [-0.05, 0) is 29.8 Å². The van der Waals surface area contributed by atoms with Crippen molar-refractivity contribution in [3.8, 4) is 6.07 Å². The van der Waals surface area contributed by atoms with Crippen molar-refractivity contribution < 1.29 is 9.59 Å². The minimum Gasteiger partial charge on any atom is -0.310 e. The van der Waals surface area contributed by atoms with Gasteiger partial charge in [-0.1, -0.05) is 60.7 Å². The van der Waals surface area contributed by atoms with E-state index in [1.165, 1.54) is 0 Å². The number of hydrogen-bond donors (Lipinski definition) is 0. The zero-order valence-electron chi connectivity index (χ0n) is 16.4. The van der Waals surface area contributed by atoms with Gasteiger partial charge in [-0.3, -0.25) is 9.59 Å². The minimum atomic E-state index is -0.465. The summed E-state index contributed by atoms with van der Waals surface area (Å²) in [5, 5.41) is 9.38. The predicted molar refractivity (Wildman–Crippen MR) is 116 cm³/mol. The molecule has 1 atom stereocenters. The fourth-order valence-electron chi connectivity index (χ4n) is 3.80. The zero-order chi connectivity index (χ0) is 20.9. The number of anilines is 2. The molecule has 1 aliphatic heterocycles. The second-order valence-corrected chi connectivity index (χ2v) is 7.28. The Morgan fingerprint density at radius 2 is 1.60 bits per heavy atom. The smallest absolute Gasteiger partial charge is 0.232 e. The topological polar surface area (TPSA) is 64.4 Å². The number of nitriles is 1. The number of carbonyl (C=O) groups is 2. The SMILES string of the molecule is N#Cc1ccccc1N1CC(C(=O)N(Cc2ccccc2)c2ccccc2)CC1=O. The first kappa shape index (κ1) is 19.4. The first-order valence-corrected chi connectivity index (χ1v) is 9.87. The van der Waals surface area contributed by atoms with Gasteiger partial charge >= 0.3 is 0 Å². The van der Waals surface area contributed by atoms with E-state index in [2.05, 4.69) is 6.07 Å². The number of benzene rings is 3. The maximum atomic E-state index is 13.5. The van der Waals surface area contributed by atoms with Gasteiger partial charge in [-0.15, -0.1) is 0 Å². The molecule has 3 aromatic carbocycles. The Hall–Kier alpha value is -3.91. The summed E-state index contributed by atoms with van der Waals surface area (Å²) in [5.41, 5.74) is 2.82. The van der Waals surface area contributed by atoms with Gasteiger partial charge in [0.05, 0.1) is 23.7 Å². The van der Waals surface area contributed by atoms with Gasteiger partial charge in [-0.2, -0.15) is 5.26 Å². The van der Waals surface area contributed by atoms with Gasteiger partial charge in [0.15, 0.2) is 0 Å². The third-order valence-corrected chi connectivity index (χ3v) is 5.31. The lowest BCUT2D eigenvalue weighted by Gasteiger charge is -2.26. The lowest BCUT2D eigenvalue weighted by Crippen LogP contribution is -2.37. The lowest BCUT2D eigenvalue weighted by atomic mass is 10.1. The largest absolute Gasteiger partial charge is 0.310 e. The monoisotopic (exact) mass is 395 g/mol. The second-order valence-electron chi connectivity index (χ2n) is 7.28. The second kappa shape index (κ2) is 8.62. The van der Waals surface area contributed by atoms with Gasteiger partial charge in [0.25, 0.3) is 0 Å². The number of amides is 2. The molecule has 0 radical (unpaired) electrons. The summed E-state index contributed by atoms with van der Waals surface area (Å²) in [5.74, 6) is -0.688. The molecule has 0 aromatic heterocycles. The Balaban J connectivity index is 1.60. The summed E-state index contributed by atoms with van der Waals surface area (Å²) in [6.45, 7) is 0.706. The fraction of sp³-hybridized carbons (Fsp3) is 0.160. The van der Waals surface area contributed by atoms with E-state index < -0.39 is 5.92 Å². The van der Waals surface area contributed by atoms with Crippen LogP contribution in [0.15, 0.2) is 84.9 Å². The van der Waals surface area contributed by atoms with E-state index in [1.54, 1.807) is 34.1 Å². The van der Waals surface area contributed by atoms with Crippen LogP contribution in [0, 0.1) is 17.2 Å². The van der Waals surface area contributed by atoms with Crippen molar-refractivity contribution >= 4 is 23.2 Å². The molecule has 5 heteroatoms. The van der Waals surface area contributed by atoms with E-state index in [0.29, 0.717) is 17.8 Å². The number of para-hydroxylation sites is 2. The molecule has 1 saturated heterocycles. The van der Waals surface area contributed by atoms with Crippen molar-refractivity contribution in [2.45, 2.75) is 13.0 Å². The van der Waals surface area contributed by atoms with Crippen molar-refractivity contribution in [2.75, 3.05) is 16.3 Å². The molecular weight excluding hydrogens is 374 g/mol. The highest BCUT2D eigenvalue weighted by Gasteiger charge is 2.38. The number of rotatable bonds is 5. The molecule has 0 saturated carbocycles. The number of hydrogen-bond acceptors (Lipinski definition) is 3. The maximum Gasteiger partial charge on any atom is 0.232 e. The molecule has 30 heavy (non-hydrogen) atoms. The first-order chi connectivity index (χ1) is 14.7. The Morgan fingerprint density at radius 3 is 2.30 bits per heavy atom. The van der Waals surface area contributed by atoms with Crippen LogP contribution in [0.5, 0.6) is 0 Å². The van der Waals surface area contributed by atoms with Crippen LogP contribution in [0.4, 0.5) is 11.4 Å². The van der Waals surface area contributed by atoms with Crippen LogP contribution in [0.25, 0.3) is 0 Å². The van der Waals surface area contributed by atoms with E-state index in [0.717, 1.165) is 11.3 Å². The van der Waals surface area contributed by atoms with Crippen molar-refractivity contribution in [2.24, 2.45) is 5.92 Å². The molecule has 3 aromatic rings. The van der Waals surface area contributed by atoms with Crippen molar-refractivity contribution in [1.29, 1.82) is 5.26 Å². The summed E-state index contributed by atoms with van der Waals surface area (Å²) in [7, 11) is 0. The van der Waals surface area contributed by atoms with Gasteiger partial charge in [0.1, 0.15) is 6.07 Å². The van der Waals surface area contributed by atoms with Crippen LogP contribution >= 0.6 is 0 Å². The van der Waals surface area contributed by atoms with Crippen LogP contribution in [0.1, 0.15) is 17.5 Å². The Bertz CT molecular complexity index is 1090. The molecule has 1 heterocycles. The minimum absolute atomic E-state index is 0.0876. The molecule has 2 amide bonds. The normalized spacial score (nSPS) is 15.6. The Morgan fingerprint density at radius 1 is 0.967 bits per heavy atom. The summed E-state index contributed by atoms with van der Waals surface area (Å²) in [4.78, 5) is 29.5. The van der Waals surface area contributed by atoms with Crippen LogP contribution in [0.3, 0.4) is 0 Å². The van der Waals surface area contributed by atoms with Crippen molar-refractivity contribution in [1.82, 2.24) is 0 Å². The molecule has 1 fully saturated rings. The third kappa shape index (κ3) is 3.94. The zero-order valence-corrected chi connectivity index (χ0v) is 16.4. The molecule has 0 N–H and O–H groups in total.